The quantitative estimate of drug-likeness (QED) is 0.832. The lowest BCUT2D eigenvalue weighted by atomic mass is 9.92. The molecule has 0 aliphatic carbocycles. The van der Waals surface area contributed by atoms with Crippen LogP contribution in [0.4, 0.5) is 4.79 Å². The minimum Gasteiger partial charge on any atom is -0.464 e. The van der Waals surface area contributed by atoms with E-state index in [9.17, 15) is 14.4 Å². The van der Waals surface area contributed by atoms with E-state index < -0.39 is 17.5 Å². The molecule has 0 spiro atoms. The van der Waals surface area contributed by atoms with Crippen LogP contribution in [-0.2, 0) is 21.7 Å². The standard InChI is InChI=1S/C19H21N3O4/c1-13-9-10-15(26-13)11-21(3)16(23)12-22-17(24)19(2,20-18(22)25)14-7-5-4-6-8-14/h4-10H,11-12H2,1-3H3,(H,20,25). The van der Waals surface area contributed by atoms with Gasteiger partial charge in [-0.25, -0.2) is 4.79 Å². The van der Waals surface area contributed by atoms with Gasteiger partial charge in [0.15, 0.2) is 0 Å². The third-order valence-electron chi connectivity index (χ3n) is 4.53. The highest BCUT2D eigenvalue weighted by atomic mass is 16.3. The Balaban J connectivity index is 1.70. The van der Waals surface area contributed by atoms with Crippen LogP contribution in [0.1, 0.15) is 24.0 Å². The molecular weight excluding hydrogens is 334 g/mol. The first kappa shape index (κ1) is 17.7. The Kier molecular flexibility index (Phi) is 4.54. The number of carbonyl (C=O) groups excluding carboxylic acids is 3. The Morgan fingerprint density at radius 3 is 2.50 bits per heavy atom. The minimum absolute atomic E-state index is 0.270. The number of furan rings is 1. The number of rotatable bonds is 5. The summed E-state index contributed by atoms with van der Waals surface area (Å²) in [7, 11) is 1.61. The van der Waals surface area contributed by atoms with E-state index in [-0.39, 0.29) is 19.0 Å². The van der Waals surface area contributed by atoms with Gasteiger partial charge < -0.3 is 14.6 Å². The van der Waals surface area contributed by atoms with Gasteiger partial charge in [0.2, 0.25) is 5.91 Å². The van der Waals surface area contributed by atoms with Gasteiger partial charge in [-0.15, -0.1) is 0 Å². The first-order valence-electron chi connectivity index (χ1n) is 8.30. The van der Waals surface area contributed by atoms with Crippen molar-refractivity contribution < 1.29 is 18.8 Å². The molecule has 26 heavy (non-hydrogen) atoms. The van der Waals surface area contributed by atoms with Gasteiger partial charge in [0.05, 0.1) is 6.54 Å². The van der Waals surface area contributed by atoms with Gasteiger partial charge in [-0.05, 0) is 31.5 Å². The Labute approximate surface area is 151 Å². The molecule has 1 saturated heterocycles. The number of hydrogen-bond donors (Lipinski definition) is 1. The van der Waals surface area contributed by atoms with E-state index in [1.807, 2.05) is 19.1 Å². The topological polar surface area (TPSA) is 82.9 Å². The van der Waals surface area contributed by atoms with Gasteiger partial charge in [0, 0.05) is 7.05 Å². The van der Waals surface area contributed by atoms with Crippen LogP contribution in [0.5, 0.6) is 0 Å². The van der Waals surface area contributed by atoms with Gasteiger partial charge >= 0.3 is 6.03 Å². The summed E-state index contributed by atoms with van der Waals surface area (Å²) >= 11 is 0. The number of aryl methyl sites for hydroxylation is 1. The molecule has 3 rings (SSSR count). The van der Waals surface area contributed by atoms with Crippen molar-refractivity contribution >= 4 is 17.8 Å². The fraction of sp³-hybridized carbons (Fsp3) is 0.316. The lowest BCUT2D eigenvalue weighted by Gasteiger charge is -2.23. The highest BCUT2D eigenvalue weighted by molar-refractivity contribution is 6.09. The van der Waals surface area contributed by atoms with Gasteiger partial charge in [-0.3, -0.25) is 14.5 Å². The van der Waals surface area contributed by atoms with Crippen LogP contribution >= 0.6 is 0 Å². The zero-order valence-electron chi connectivity index (χ0n) is 15.0. The number of amides is 4. The molecule has 1 N–H and O–H groups in total. The average molecular weight is 355 g/mol. The first-order chi connectivity index (χ1) is 12.3. The number of likely N-dealkylation sites (N-methyl/N-ethyl adjacent to an activating group) is 1. The maximum atomic E-state index is 12.8. The molecule has 1 atom stereocenters. The van der Waals surface area contributed by atoms with Gasteiger partial charge in [-0.1, -0.05) is 30.3 Å². The van der Waals surface area contributed by atoms with E-state index in [1.54, 1.807) is 44.3 Å². The average Bonchev–Trinajstić information content (AvgIpc) is 3.12. The molecule has 0 saturated carbocycles. The molecule has 2 aromatic rings. The molecule has 7 nitrogen and oxygen atoms in total. The number of imide groups is 1. The number of carbonyl (C=O) groups is 3. The van der Waals surface area contributed by atoms with Crippen molar-refractivity contribution in [2.75, 3.05) is 13.6 Å². The SMILES string of the molecule is Cc1ccc(CN(C)C(=O)CN2C(=O)NC(C)(c3ccccc3)C2=O)o1. The zero-order chi connectivity index (χ0) is 18.9. The van der Waals surface area contributed by atoms with E-state index in [4.69, 9.17) is 4.42 Å². The summed E-state index contributed by atoms with van der Waals surface area (Å²) < 4.78 is 5.45. The summed E-state index contributed by atoms with van der Waals surface area (Å²) in [6, 6.07) is 12.0. The fourth-order valence-corrected chi connectivity index (χ4v) is 2.96. The molecule has 136 valence electrons. The number of hydrogen-bond acceptors (Lipinski definition) is 4. The van der Waals surface area contributed by atoms with Crippen molar-refractivity contribution in [1.82, 2.24) is 15.1 Å². The van der Waals surface area contributed by atoms with Crippen LogP contribution in [0.25, 0.3) is 0 Å². The molecule has 1 unspecified atom stereocenters. The van der Waals surface area contributed by atoms with Gasteiger partial charge in [-0.2, -0.15) is 0 Å². The summed E-state index contributed by atoms with van der Waals surface area (Å²) in [5.41, 5.74) is -0.498. The summed E-state index contributed by atoms with van der Waals surface area (Å²) in [4.78, 5) is 40.0. The third-order valence-corrected chi connectivity index (χ3v) is 4.53. The Hall–Kier alpha value is -3.09. The van der Waals surface area contributed by atoms with E-state index in [0.29, 0.717) is 11.3 Å². The van der Waals surface area contributed by atoms with E-state index in [0.717, 1.165) is 10.7 Å². The molecular formula is C19H21N3O4. The first-order valence-corrected chi connectivity index (χ1v) is 8.30. The number of nitrogens with one attached hydrogen (secondary N) is 1. The summed E-state index contributed by atoms with van der Waals surface area (Å²) in [6.45, 7) is 3.42. The predicted octanol–water partition coefficient (Wildman–Crippen LogP) is 2.01. The Morgan fingerprint density at radius 1 is 1.19 bits per heavy atom. The van der Waals surface area contributed by atoms with Crippen molar-refractivity contribution in [3.8, 4) is 0 Å². The monoisotopic (exact) mass is 355 g/mol. The number of nitrogens with zero attached hydrogens (tertiary/aromatic N) is 2. The maximum Gasteiger partial charge on any atom is 0.325 e. The normalized spacial score (nSPS) is 19.6. The second-order valence-electron chi connectivity index (χ2n) is 6.57. The summed E-state index contributed by atoms with van der Waals surface area (Å²) in [6.07, 6.45) is 0. The molecule has 1 aromatic carbocycles. The van der Waals surface area contributed by atoms with Crippen LogP contribution in [0.3, 0.4) is 0 Å². The highest BCUT2D eigenvalue weighted by Gasteiger charge is 2.49. The van der Waals surface area contributed by atoms with E-state index in [2.05, 4.69) is 5.32 Å². The van der Waals surface area contributed by atoms with Gasteiger partial charge in [0.1, 0.15) is 23.6 Å². The Morgan fingerprint density at radius 2 is 1.88 bits per heavy atom. The number of benzene rings is 1. The largest absolute Gasteiger partial charge is 0.464 e. The van der Waals surface area contributed by atoms with Crippen molar-refractivity contribution in [2.24, 2.45) is 0 Å². The molecule has 2 heterocycles. The molecule has 1 aliphatic rings. The smallest absolute Gasteiger partial charge is 0.325 e. The summed E-state index contributed by atoms with van der Waals surface area (Å²) in [5.74, 6) is 0.613. The molecule has 1 fully saturated rings. The van der Waals surface area contributed by atoms with Crippen LogP contribution in [0, 0.1) is 6.92 Å². The maximum absolute atomic E-state index is 12.8. The van der Waals surface area contributed by atoms with Crippen LogP contribution in [-0.4, -0.2) is 41.2 Å². The third kappa shape index (κ3) is 3.20. The fourth-order valence-electron chi connectivity index (χ4n) is 2.96. The van der Waals surface area contributed by atoms with Crippen molar-refractivity contribution in [2.45, 2.75) is 25.9 Å². The highest BCUT2D eigenvalue weighted by Crippen LogP contribution is 2.28. The molecule has 0 radical (unpaired) electrons. The van der Waals surface area contributed by atoms with Crippen LogP contribution in [0.15, 0.2) is 46.9 Å². The van der Waals surface area contributed by atoms with Crippen molar-refractivity contribution in [3.63, 3.8) is 0 Å². The second-order valence-corrected chi connectivity index (χ2v) is 6.57. The van der Waals surface area contributed by atoms with Crippen LogP contribution < -0.4 is 5.32 Å². The zero-order valence-corrected chi connectivity index (χ0v) is 15.0. The Bertz CT molecular complexity index is 845. The van der Waals surface area contributed by atoms with Crippen molar-refractivity contribution in [3.05, 3.63) is 59.5 Å². The van der Waals surface area contributed by atoms with E-state index in [1.165, 1.54) is 4.90 Å². The molecule has 1 aliphatic heterocycles. The van der Waals surface area contributed by atoms with Crippen molar-refractivity contribution in [1.29, 1.82) is 0 Å². The predicted molar refractivity (Wildman–Crippen MR) is 94.0 cm³/mol. The van der Waals surface area contributed by atoms with Crippen LogP contribution in [0.2, 0.25) is 0 Å². The van der Waals surface area contributed by atoms with Gasteiger partial charge in [0.25, 0.3) is 5.91 Å². The number of urea groups is 1. The molecule has 4 amide bonds. The molecule has 0 bridgehead atoms. The lowest BCUT2D eigenvalue weighted by molar-refractivity contribution is -0.138. The summed E-state index contributed by atoms with van der Waals surface area (Å²) in [5, 5.41) is 2.69. The second kappa shape index (κ2) is 6.67. The van der Waals surface area contributed by atoms with E-state index >= 15 is 0 Å². The minimum atomic E-state index is -1.17. The lowest BCUT2D eigenvalue weighted by Crippen LogP contribution is -2.43. The molecule has 7 heteroatoms. The molecule has 1 aromatic heterocycles.